The Hall–Kier alpha value is -4.80. The number of carbonyl (C=O) groups excluding carboxylic acids is 3. The van der Waals surface area contributed by atoms with Crippen LogP contribution in [-0.4, -0.2) is 64.2 Å². The third-order valence-electron chi connectivity index (χ3n) is 7.04. The Bertz CT molecular complexity index is 1380. The summed E-state index contributed by atoms with van der Waals surface area (Å²) in [6, 6.07) is 4.93. The number of methoxy groups -OCH3 is 1. The van der Waals surface area contributed by atoms with Gasteiger partial charge in [0.15, 0.2) is 0 Å². The van der Waals surface area contributed by atoms with Crippen molar-refractivity contribution in [2.75, 3.05) is 18.6 Å². The van der Waals surface area contributed by atoms with Crippen LogP contribution >= 0.6 is 0 Å². The van der Waals surface area contributed by atoms with Crippen molar-refractivity contribution in [3.05, 3.63) is 94.2 Å². The van der Waals surface area contributed by atoms with Gasteiger partial charge in [-0.2, -0.15) is 4.90 Å². The minimum absolute atomic E-state index is 0.155. The van der Waals surface area contributed by atoms with Gasteiger partial charge in [0.2, 0.25) is 17.5 Å². The number of fused-ring (bicyclic) bond motifs is 3. The second-order valence-electron chi connectivity index (χ2n) is 8.97. The summed E-state index contributed by atoms with van der Waals surface area (Å²) < 4.78 is 10.5. The number of anilines is 1. The number of carbonyl (C=O) groups is 3. The third kappa shape index (κ3) is 3.83. The molecule has 196 valence electrons. The fraction of sp³-hybridized carbons (Fsp3) is 0.259. The lowest BCUT2D eigenvalue weighted by molar-refractivity contribution is -0.377. The number of aliphatic hydroxyl groups is 1. The highest BCUT2D eigenvalue weighted by atomic mass is 16.8. The number of ether oxygens (including phenoxy) is 2. The van der Waals surface area contributed by atoms with Gasteiger partial charge in [-0.15, -0.1) is 0 Å². The van der Waals surface area contributed by atoms with Crippen LogP contribution in [0.25, 0.3) is 0 Å². The van der Waals surface area contributed by atoms with Gasteiger partial charge < -0.3 is 29.9 Å². The maximum Gasteiger partial charge on any atom is 0.337 e. The summed E-state index contributed by atoms with van der Waals surface area (Å²) in [6.45, 7) is 1.85. The number of nitrogens with zero attached hydrogens (tertiary/aromatic N) is 3. The first-order chi connectivity index (χ1) is 18.3. The third-order valence-corrected chi connectivity index (χ3v) is 7.04. The summed E-state index contributed by atoms with van der Waals surface area (Å²) in [4.78, 5) is 42.4. The maximum atomic E-state index is 13.9. The number of rotatable bonds is 5. The average Bonchev–Trinajstić information content (AvgIpc) is 3.39. The molecule has 1 aromatic carbocycles. The van der Waals surface area contributed by atoms with Crippen molar-refractivity contribution in [2.45, 2.75) is 19.0 Å². The summed E-state index contributed by atoms with van der Waals surface area (Å²) in [5.74, 6) is -3.41. The highest BCUT2D eigenvalue weighted by Gasteiger charge is 2.63. The van der Waals surface area contributed by atoms with Crippen LogP contribution in [0.5, 0.6) is 5.75 Å². The van der Waals surface area contributed by atoms with Crippen molar-refractivity contribution < 1.29 is 33.9 Å². The molecule has 5 rings (SSSR count). The van der Waals surface area contributed by atoms with Gasteiger partial charge in [0.1, 0.15) is 11.5 Å². The molecule has 11 heteroatoms. The second-order valence-corrected chi connectivity index (χ2v) is 8.97. The summed E-state index contributed by atoms with van der Waals surface area (Å²) >= 11 is 0. The molecule has 4 aliphatic rings. The number of allylic oxidation sites excluding steroid dienone is 5. The summed E-state index contributed by atoms with van der Waals surface area (Å²) in [7, 11) is 1.43. The van der Waals surface area contributed by atoms with Crippen LogP contribution < -0.4 is 9.64 Å². The van der Waals surface area contributed by atoms with E-state index in [2.05, 4.69) is 0 Å². The van der Waals surface area contributed by atoms with Gasteiger partial charge in [0, 0.05) is 23.9 Å². The molecule has 0 radical (unpaired) electrons. The van der Waals surface area contributed by atoms with E-state index in [0.717, 1.165) is 4.90 Å². The molecular weight excluding hydrogens is 494 g/mol. The highest BCUT2D eigenvalue weighted by Crippen LogP contribution is 2.49. The first-order valence-corrected chi connectivity index (χ1v) is 11.9. The number of amides is 2. The van der Waals surface area contributed by atoms with Crippen LogP contribution in [0.2, 0.25) is 0 Å². The highest BCUT2D eigenvalue weighted by molar-refractivity contribution is 6.23. The zero-order chi connectivity index (χ0) is 27.1. The Kier molecular flexibility index (Phi) is 6.27. The van der Waals surface area contributed by atoms with E-state index in [9.17, 15) is 29.9 Å². The maximum absolute atomic E-state index is 13.9. The van der Waals surface area contributed by atoms with Gasteiger partial charge in [0.25, 0.3) is 0 Å². The van der Waals surface area contributed by atoms with Crippen LogP contribution in [-0.2, 0) is 19.1 Å². The molecule has 2 amide bonds. The van der Waals surface area contributed by atoms with Gasteiger partial charge in [0.05, 0.1) is 48.9 Å². The molecule has 0 aromatic heterocycles. The van der Waals surface area contributed by atoms with Gasteiger partial charge in [-0.25, -0.2) is 9.69 Å². The van der Waals surface area contributed by atoms with E-state index >= 15 is 0 Å². The molecule has 1 N–H and O–H groups in total. The fourth-order valence-electron chi connectivity index (χ4n) is 5.39. The number of para-hydroxylation sites is 2. The van der Waals surface area contributed by atoms with Crippen molar-refractivity contribution in [2.24, 2.45) is 11.8 Å². The number of aliphatic hydroxyl groups excluding tert-OH is 1. The number of benzene rings is 1. The largest absolute Gasteiger partial charge is 0.612 e. The lowest BCUT2D eigenvalue weighted by Crippen LogP contribution is -2.44. The van der Waals surface area contributed by atoms with Crippen LogP contribution in [0.15, 0.2) is 83.8 Å². The monoisotopic (exact) mass is 518 g/mol. The number of esters is 1. The Labute approximate surface area is 217 Å². The molecule has 2 saturated heterocycles. The molecule has 0 saturated carbocycles. The topological polar surface area (TPSA) is 146 Å². The lowest BCUT2D eigenvalue weighted by atomic mass is 9.87. The number of hydrogen-bond donors (Lipinski definition) is 1. The Morgan fingerprint density at radius 3 is 2.39 bits per heavy atom. The molecule has 1 aromatic rings. The summed E-state index contributed by atoms with van der Waals surface area (Å²) in [5, 5.41) is 33.6. The minimum atomic E-state index is -1.00. The van der Waals surface area contributed by atoms with E-state index in [1.165, 1.54) is 37.5 Å². The molecule has 3 heterocycles. The molecule has 4 atom stereocenters. The number of imide groups is 1. The average molecular weight is 519 g/mol. The molecular formula is C27H24N3O8-. The van der Waals surface area contributed by atoms with Crippen LogP contribution in [0, 0.1) is 22.3 Å². The molecule has 3 aliphatic heterocycles. The van der Waals surface area contributed by atoms with Gasteiger partial charge in [-0.3, -0.25) is 9.59 Å². The van der Waals surface area contributed by atoms with Crippen molar-refractivity contribution >= 4 is 29.2 Å². The van der Waals surface area contributed by atoms with Crippen molar-refractivity contribution in [3.8, 4) is 5.75 Å². The second kappa shape index (κ2) is 9.58. The van der Waals surface area contributed by atoms with Crippen LogP contribution in [0.3, 0.4) is 0 Å². The predicted octanol–water partition coefficient (Wildman–Crippen LogP) is 2.26. The molecule has 1 aliphatic carbocycles. The zero-order valence-corrected chi connectivity index (χ0v) is 20.5. The van der Waals surface area contributed by atoms with Gasteiger partial charge in [-0.05, 0) is 43.4 Å². The molecule has 2 fully saturated rings. The Morgan fingerprint density at radius 1 is 1.05 bits per heavy atom. The van der Waals surface area contributed by atoms with Crippen molar-refractivity contribution in [3.63, 3.8) is 0 Å². The van der Waals surface area contributed by atoms with E-state index in [0.29, 0.717) is 5.75 Å². The zero-order valence-electron chi connectivity index (χ0n) is 20.5. The first-order valence-electron chi connectivity index (χ1n) is 11.9. The normalized spacial score (nSPS) is 25.4. The minimum Gasteiger partial charge on any atom is -0.612 e. The standard InChI is InChI=1S/C27H24N3O8/c1-3-38-27(34)16-12-13-28-19(14-16)21-22(23(28)24(31)15-8-10-17(11-9-15)30(35)36)26(33)29(25(21)32)18-6-4-5-7-20(18)37-2/h4-14,19,21-23H,3H2,1-2H3,(H-,31,35,36)/q-1/t19-,21-,22-,23?/m0/s1. The van der Waals surface area contributed by atoms with E-state index in [-0.39, 0.29) is 34.9 Å². The fourth-order valence-corrected chi connectivity index (χ4v) is 5.39. The predicted molar refractivity (Wildman–Crippen MR) is 136 cm³/mol. The molecule has 1 unspecified atom stereocenters. The summed E-state index contributed by atoms with van der Waals surface area (Å²) in [6.07, 6.45) is 9.95. The van der Waals surface area contributed by atoms with E-state index < -0.39 is 46.6 Å². The van der Waals surface area contributed by atoms with E-state index in [1.54, 1.807) is 48.4 Å². The molecule has 38 heavy (non-hydrogen) atoms. The smallest absolute Gasteiger partial charge is 0.337 e. The lowest BCUT2D eigenvalue weighted by Gasteiger charge is -2.33. The van der Waals surface area contributed by atoms with E-state index in [1.807, 2.05) is 0 Å². The van der Waals surface area contributed by atoms with Crippen LogP contribution in [0.1, 0.15) is 6.92 Å². The molecule has 0 spiro atoms. The van der Waals surface area contributed by atoms with E-state index in [4.69, 9.17) is 9.47 Å². The van der Waals surface area contributed by atoms with Crippen LogP contribution in [0.4, 0.5) is 5.69 Å². The number of hydrogen-bond acceptors (Lipinski definition) is 9. The molecule has 0 bridgehead atoms. The summed E-state index contributed by atoms with van der Waals surface area (Å²) in [5.41, 5.74) is 0.626. The van der Waals surface area contributed by atoms with Gasteiger partial charge >= 0.3 is 5.97 Å². The van der Waals surface area contributed by atoms with Crippen molar-refractivity contribution in [1.82, 2.24) is 4.90 Å². The van der Waals surface area contributed by atoms with Crippen molar-refractivity contribution in [1.29, 1.82) is 0 Å². The first kappa shape index (κ1) is 24.9. The molecule has 11 nitrogen and oxygen atoms in total. The Balaban J connectivity index is 1.61. The SMILES string of the molecule is CCOC(=O)C1=C[C@H]2[C@@H]3C(=O)N(c4ccccc4OC)C(=O)[C@@H]3C(C(O)=C3C=CC(=[N+]([O-])[O-])C=C3)N2C=C1. The Morgan fingerprint density at radius 2 is 1.74 bits per heavy atom. The van der Waals surface area contributed by atoms with Gasteiger partial charge in [-0.1, -0.05) is 12.1 Å². The quantitative estimate of drug-likeness (QED) is 0.204.